The summed E-state index contributed by atoms with van der Waals surface area (Å²) < 4.78 is 6.83. The first-order valence-corrected chi connectivity index (χ1v) is 7.67. The molecular formula is C17H13BrClNO. The molecule has 0 heterocycles. The maximum Gasteiger partial charge on any atom is 0.127 e. The Balaban J connectivity index is 1.92. The molecule has 0 aliphatic carbocycles. The zero-order chi connectivity index (χ0) is 14.8. The smallest absolute Gasteiger partial charge is 0.127 e. The largest absolute Gasteiger partial charge is 0.488 e. The van der Waals surface area contributed by atoms with Crippen LogP contribution in [0.1, 0.15) is 5.56 Å². The van der Waals surface area contributed by atoms with Crippen LogP contribution in [0.3, 0.4) is 0 Å². The summed E-state index contributed by atoms with van der Waals surface area (Å²) in [5.41, 5.74) is 7.59. The lowest BCUT2D eigenvalue weighted by Gasteiger charge is -2.12. The van der Waals surface area contributed by atoms with Crippen LogP contribution in [-0.2, 0) is 6.61 Å². The normalized spacial score (nSPS) is 10.8. The van der Waals surface area contributed by atoms with Gasteiger partial charge in [-0.25, -0.2) is 0 Å². The van der Waals surface area contributed by atoms with Gasteiger partial charge in [0.25, 0.3) is 0 Å². The van der Waals surface area contributed by atoms with E-state index in [2.05, 4.69) is 15.9 Å². The molecule has 0 unspecified atom stereocenters. The molecule has 0 amide bonds. The van der Waals surface area contributed by atoms with Gasteiger partial charge in [0.05, 0.1) is 0 Å². The third kappa shape index (κ3) is 2.85. The lowest BCUT2D eigenvalue weighted by atomic mass is 10.1. The molecule has 2 nitrogen and oxygen atoms in total. The van der Waals surface area contributed by atoms with Crippen LogP contribution in [0, 0.1) is 0 Å². The van der Waals surface area contributed by atoms with Gasteiger partial charge < -0.3 is 10.5 Å². The first-order valence-electron chi connectivity index (χ1n) is 6.50. The number of nitrogen functional groups attached to an aromatic ring is 1. The second kappa shape index (κ2) is 5.96. The second-order valence-electron chi connectivity index (χ2n) is 4.70. The van der Waals surface area contributed by atoms with E-state index in [9.17, 15) is 0 Å². The van der Waals surface area contributed by atoms with Crippen molar-refractivity contribution in [3.63, 3.8) is 0 Å². The van der Waals surface area contributed by atoms with Crippen molar-refractivity contribution in [3.05, 3.63) is 69.7 Å². The van der Waals surface area contributed by atoms with Crippen LogP contribution < -0.4 is 10.5 Å². The fraction of sp³-hybridized carbons (Fsp3) is 0.0588. The maximum atomic E-state index is 6.21. The van der Waals surface area contributed by atoms with E-state index < -0.39 is 0 Å². The van der Waals surface area contributed by atoms with Crippen LogP contribution in [-0.4, -0.2) is 0 Å². The Kier molecular flexibility index (Phi) is 4.04. The number of hydrogen-bond acceptors (Lipinski definition) is 2. The van der Waals surface area contributed by atoms with Gasteiger partial charge in [0.15, 0.2) is 0 Å². The monoisotopic (exact) mass is 361 g/mol. The third-order valence-corrected chi connectivity index (χ3v) is 4.62. The van der Waals surface area contributed by atoms with Crippen molar-refractivity contribution in [2.75, 3.05) is 5.73 Å². The predicted molar refractivity (Wildman–Crippen MR) is 91.8 cm³/mol. The summed E-state index contributed by atoms with van der Waals surface area (Å²) in [5, 5.41) is 2.72. The van der Waals surface area contributed by atoms with Crippen LogP contribution in [0.25, 0.3) is 10.8 Å². The Morgan fingerprint density at radius 3 is 2.52 bits per heavy atom. The predicted octanol–water partition coefficient (Wildman–Crippen LogP) is 5.42. The SMILES string of the molecule is Nc1cccc(COc2ccc(Cl)c3ccccc23)c1Br. The molecule has 0 aromatic heterocycles. The van der Waals surface area contributed by atoms with E-state index in [1.165, 1.54) is 0 Å². The van der Waals surface area contributed by atoms with E-state index in [0.717, 1.165) is 31.6 Å². The molecule has 3 rings (SSSR count). The van der Waals surface area contributed by atoms with Crippen LogP contribution in [0.15, 0.2) is 59.1 Å². The molecule has 0 radical (unpaired) electrons. The summed E-state index contributed by atoms with van der Waals surface area (Å²) in [6.07, 6.45) is 0. The summed E-state index contributed by atoms with van der Waals surface area (Å²) in [4.78, 5) is 0. The standard InChI is InChI=1S/C17H13BrClNO/c18-17-11(4-3-7-15(17)20)10-21-16-9-8-14(19)12-5-1-2-6-13(12)16/h1-9H,10,20H2. The molecular weight excluding hydrogens is 350 g/mol. The topological polar surface area (TPSA) is 35.2 Å². The molecule has 106 valence electrons. The number of fused-ring (bicyclic) bond motifs is 1. The Hall–Kier alpha value is -1.71. The van der Waals surface area contributed by atoms with Crippen LogP contribution >= 0.6 is 27.5 Å². The lowest BCUT2D eigenvalue weighted by molar-refractivity contribution is 0.309. The minimum atomic E-state index is 0.442. The van der Waals surface area contributed by atoms with E-state index in [0.29, 0.717) is 12.3 Å². The van der Waals surface area contributed by atoms with Crippen molar-refractivity contribution >= 4 is 44.0 Å². The quantitative estimate of drug-likeness (QED) is 0.632. The van der Waals surface area contributed by atoms with Gasteiger partial charge in [-0.05, 0) is 34.1 Å². The minimum Gasteiger partial charge on any atom is -0.488 e. The average Bonchev–Trinajstić information content (AvgIpc) is 2.51. The lowest BCUT2D eigenvalue weighted by Crippen LogP contribution is -1.99. The van der Waals surface area contributed by atoms with E-state index in [4.69, 9.17) is 22.1 Å². The highest BCUT2D eigenvalue weighted by atomic mass is 79.9. The van der Waals surface area contributed by atoms with Crippen molar-refractivity contribution in [2.45, 2.75) is 6.61 Å². The zero-order valence-electron chi connectivity index (χ0n) is 11.1. The van der Waals surface area contributed by atoms with Gasteiger partial charge in [-0.3, -0.25) is 0 Å². The Labute approximate surface area is 136 Å². The van der Waals surface area contributed by atoms with Crippen molar-refractivity contribution < 1.29 is 4.74 Å². The number of hydrogen-bond donors (Lipinski definition) is 1. The molecule has 0 bridgehead atoms. The minimum absolute atomic E-state index is 0.442. The Morgan fingerprint density at radius 1 is 0.952 bits per heavy atom. The van der Waals surface area contributed by atoms with Gasteiger partial charge in [0.1, 0.15) is 12.4 Å². The van der Waals surface area contributed by atoms with Gasteiger partial charge in [-0.1, -0.05) is 48.0 Å². The Bertz CT molecular complexity index is 804. The third-order valence-electron chi connectivity index (χ3n) is 3.32. The fourth-order valence-corrected chi connectivity index (χ4v) is 2.83. The summed E-state index contributed by atoms with van der Waals surface area (Å²) in [6, 6.07) is 17.4. The fourth-order valence-electron chi connectivity index (χ4n) is 2.23. The number of nitrogens with two attached hydrogens (primary N) is 1. The molecule has 21 heavy (non-hydrogen) atoms. The molecule has 0 atom stereocenters. The first-order chi connectivity index (χ1) is 10.2. The number of anilines is 1. The van der Waals surface area contributed by atoms with Gasteiger partial charge in [0, 0.05) is 31.5 Å². The highest BCUT2D eigenvalue weighted by Crippen LogP contribution is 2.32. The molecule has 0 saturated carbocycles. The van der Waals surface area contributed by atoms with Crippen molar-refractivity contribution in [3.8, 4) is 5.75 Å². The molecule has 0 saturated heterocycles. The summed E-state index contributed by atoms with van der Waals surface area (Å²) in [5.74, 6) is 0.810. The van der Waals surface area contributed by atoms with Crippen molar-refractivity contribution in [2.24, 2.45) is 0 Å². The molecule has 2 N–H and O–H groups in total. The Morgan fingerprint density at radius 2 is 1.71 bits per heavy atom. The average molecular weight is 363 g/mol. The van der Waals surface area contributed by atoms with Crippen LogP contribution in [0.2, 0.25) is 5.02 Å². The maximum absolute atomic E-state index is 6.21. The number of ether oxygens (including phenoxy) is 1. The molecule has 3 aromatic rings. The summed E-state index contributed by atoms with van der Waals surface area (Å²) in [7, 11) is 0. The molecule has 0 aliphatic rings. The van der Waals surface area contributed by atoms with Crippen LogP contribution in [0.5, 0.6) is 5.75 Å². The number of benzene rings is 3. The molecule has 0 spiro atoms. The molecule has 4 heteroatoms. The van der Waals surface area contributed by atoms with E-state index in [1.54, 1.807) is 0 Å². The zero-order valence-corrected chi connectivity index (χ0v) is 13.5. The summed E-state index contributed by atoms with van der Waals surface area (Å²) >= 11 is 9.70. The number of rotatable bonds is 3. The second-order valence-corrected chi connectivity index (χ2v) is 5.90. The van der Waals surface area contributed by atoms with Crippen molar-refractivity contribution in [1.82, 2.24) is 0 Å². The van der Waals surface area contributed by atoms with Gasteiger partial charge in [0.2, 0.25) is 0 Å². The van der Waals surface area contributed by atoms with E-state index in [-0.39, 0.29) is 0 Å². The highest BCUT2D eigenvalue weighted by molar-refractivity contribution is 9.10. The van der Waals surface area contributed by atoms with E-state index >= 15 is 0 Å². The highest BCUT2D eigenvalue weighted by Gasteiger charge is 2.07. The van der Waals surface area contributed by atoms with Crippen LogP contribution in [0.4, 0.5) is 5.69 Å². The van der Waals surface area contributed by atoms with Gasteiger partial charge >= 0.3 is 0 Å². The molecule has 0 aliphatic heterocycles. The van der Waals surface area contributed by atoms with Crippen molar-refractivity contribution in [1.29, 1.82) is 0 Å². The molecule has 3 aromatic carbocycles. The molecule has 0 fully saturated rings. The first kappa shape index (κ1) is 14.2. The van der Waals surface area contributed by atoms with Gasteiger partial charge in [-0.15, -0.1) is 0 Å². The number of halogens is 2. The van der Waals surface area contributed by atoms with E-state index in [1.807, 2.05) is 54.6 Å². The van der Waals surface area contributed by atoms with Gasteiger partial charge in [-0.2, -0.15) is 0 Å². The summed E-state index contributed by atoms with van der Waals surface area (Å²) in [6.45, 7) is 0.442.